The van der Waals surface area contributed by atoms with Gasteiger partial charge < -0.3 is 10.6 Å². The number of carbonyl (C=O) groups is 2. The van der Waals surface area contributed by atoms with Crippen molar-refractivity contribution in [2.45, 2.75) is 31.5 Å². The van der Waals surface area contributed by atoms with Crippen molar-refractivity contribution in [1.82, 2.24) is 25.8 Å². The highest BCUT2D eigenvalue weighted by atomic mass is 35.5. The zero-order valence-corrected chi connectivity index (χ0v) is 20.6. The van der Waals surface area contributed by atoms with Gasteiger partial charge in [-0.15, -0.1) is 5.10 Å². The Balaban J connectivity index is 1.53. The molecule has 0 fully saturated rings. The van der Waals surface area contributed by atoms with Crippen molar-refractivity contribution in [1.29, 1.82) is 0 Å². The molecular formula is C23H25Cl2N5O2S. The van der Waals surface area contributed by atoms with Gasteiger partial charge in [0.05, 0.1) is 22.4 Å². The highest BCUT2D eigenvalue weighted by Gasteiger charge is 2.24. The van der Waals surface area contributed by atoms with Gasteiger partial charge in [0.2, 0.25) is 11.1 Å². The molecule has 2 aromatic carbocycles. The molecule has 3 N–H and O–H groups in total. The van der Waals surface area contributed by atoms with E-state index in [-0.39, 0.29) is 28.5 Å². The topological polar surface area (TPSA) is 99.8 Å². The van der Waals surface area contributed by atoms with Crippen LogP contribution in [0.25, 0.3) is 0 Å². The first-order valence-electron chi connectivity index (χ1n) is 10.4. The quantitative estimate of drug-likeness (QED) is 0.347. The molecule has 0 unspecified atom stereocenters. The third kappa shape index (κ3) is 7.48. The van der Waals surface area contributed by atoms with E-state index in [9.17, 15) is 9.59 Å². The van der Waals surface area contributed by atoms with Gasteiger partial charge in [-0.2, -0.15) is 0 Å². The first kappa shape index (κ1) is 25.1. The standard InChI is InChI=1S/C23H25Cl2N5O2S/c1-14(2)20(27-22(32)17-9-8-16(24)12-18(17)25)21-28-23(30-29-21)33-13-19(31)26-11-10-15-6-4-3-5-7-15/h3-9,12,14,20H,10-11,13H2,1-2H3,(H,26,31)(H,27,32)(H,28,29,30)/t20-/m0/s1. The number of nitrogens with zero attached hydrogens (tertiary/aromatic N) is 2. The first-order chi connectivity index (χ1) is 15.8. The molecule has 33 heavy (non-hydrogen) atoms. The molecule has 0 aliphatic rings. The molecule has 1 aromatic heterocycles. The van der Waals surface area contributed by atoms with E-state index in [2.05, 4.69) is 25.8 Å². The number of thioether (sulfide) groups is 1. The lowest BCUT2D eigenvalue weighted by atomic mass is 10.0. The number of benzene rings is 2. The van der Waals surface area contributed by atoms with Crippen LogP contribution in [0, 0.1) is 5.92 Å². The predicted octanol–water partition coefficient (Wildman–Crippen LogP) is 4.69. The molecular weight excluding hydrogens is 481 g/mol. The molecule has 174 valence electrons. The van der Waals surface area contributed by atoms with Gasteiger partial charge in [0.15, 0.2) is 0 Å². The second kappa shape index (κ2) is 12.1. The van der Waals surface area contributed by atoms with Crippen molar-refractivity contribution in [2.24, 2.45) is 5.92 Å². The number of aromatic nitrogens is 3. The summed E-state index contributed by atoms with van der Waals surface area (Å²) in [6.07, 6.45) is 0.773. The number of carbonyl (C=O) groups excluding carboxylic acids is 2. The summed E-state index contributed by atoms with van der Waals surface area (Å²) < 4.78 is 0. The fourth-order valence-corrected chi connectivity index (χ4v) is 4.21. The number of rotatable bonds is 10. The molecule has 2 amide bonds. The number of hydrogen-bond acceptors (Lipinski definition) is 5. The van der Waals surface area contributed by atoms with Crippen molar-refractivity contribution in [2.75, 3.05) is 12.3 Å². The lowest BCUT2D eigenvalue weighted by molar-refractivity contribution is -0.118. The maximum Gasteiger partial charge on any atom is 0.253 e. The molecule has 3 aromatic rings. The van der Waals surface area contributed by atoms with Gasteiger partial charge in [0, 0.05) is 11.6 Å². The van der Waals surface area contributed by atoms with Crippen molar-refractivity contribution < 1.29 is 9.59 Å². The molecule has 0 saturated heterocycles. The van der Waals surface area contributed by atoms with Crippen LogP contribution >= 0.6 is 35.0 Å². The Kier molecular flexibility index (Phi) is 9.17. The maximum atomic E-state index is 12.7. The van der Waals surface area contributed by atoms with Gasteiger partial charge in [0.1, 0.15) is 5.82 Å². The molecule has 0 bridgehead atoms. The van der Waals surface area contributed by atoms with Crippen LogP contribution in [0.5, 0.6) is 0 Å². The van der Waals surface area contributed by atoms with E-state index in [1.54, 1.807) is 12.1 Å². The number of halogens is 2. The Bertz CT molecular complexity index is 1090. The average Bonchev–Trinajstić information content (AvgIpc) is 3.25. The summed E-state index contributed by atoms with van der Waals surface area (Å²) in [5.74, 6) is 0.320. The summed E-state index contributed by atoms with van der Waals surface area (Å²) in [5, 5.41) is 14.1. The number of hydrogen-bond donors (Lipinski definition) is 3. The van der Waals surface area contributed by atoms with E-state index in [4.69, 9.17) is 23.2 Å². The van der Waals surface area contributed by atoms with Crippen LogP contribution in [0.3, 0.4) is 0 Å². The van der Waals surface area contributed by atoms with Gasteiger partial charge in [0.25, 0.3) is 5.91 Å². The molecule has 1 heterocycles. The Labute approximate surface area is 207 Å². The van der Waals surface area contributed by atoms with Crippen LogP contribution in [0.1, 0.15) is 41.6 Å². The highest BCUT2D eigenvalue weighted by Crippen LogP contribution is 2.24. The van der Waals surface area contributed by atoms with E-state index in [0.717, 1.165) is 6.42 Å². The minimum Gasteiger partial charge on any atom is -0.355 e. The lowest BCUT2D eigenvalue weighted by Gasteiger charge is -2.20. The summed E-state index contributed by atoms with van der Waals surface area (Å²) in [7, 11) is 0. The van der Waals surface area contributed by atoms with Crippen LogP contribution in [0.4, 0.5) is 0 Å². The fourth-order valence-electron chi connectivity index (χ4n) is 3.08. The SMILES string of the molecule is CC(C)[C@H](NC(=O)c1ccc(Cl)cc1Cl)c1nc(SCC(=O)NCCc2ccccc2)n[nH]1. The van der Waals surface area contributed by atoms with Crippen LogP contribution in [-0.2, 0) is 11.2 Å². The Morgan fingerprint density at radius 3 is 2.58 bits per heavy atom. The van der Waals surface area contributed by atoms with E-state index in [1.165, 1.54) is 23.4 Å². The van der Waals surface area contributed by atoms with Crippen molar-refractivity contribution in [3.63, 3.8) is 0 Å². The van der Waals surface area contributed by atoms with E-state index in [0.29, 0.717) is 28.1 Å². The van der Waals surface area contributed by atoms with Crippen molar-refractivity contribution in [3.8, 4) is 0 Å². The van der Waals surface area contributed by atoms with Crippen LogP contribution < -0.4 is 10.6 Å². The summed E-state index contributed by atoms with van der Waals surface area (Å²) in [6, 6.07) is 14.3. The fraction of sp³-hybridized carbons (Fsp3) is 0.304. The predicted molar refractivity (Wildman–Crippen MR) is 132 cm³/mol. The number of H-pyrrole nitrogens is 1. The number of amides is 2. The lowest BCUT2D eigenvalue weighted by Crippen LogP contribution is -2.32. The highest BCUT2D eigenvalue weighted by molar-refractivity contribution is 7.99. The van der Waals surface area contributed by atoms with Crippen LogP contribution in [-0.4, -0.2) is 39.3 Å². The molecule has 3 rings (SSSR count). The third-order valence-electron chi connectivity index (χ3n) is 4.82. The van der Waals surface area contributed by atoms with E-state index >= 15 is 0 Å². The minimum absolute atomic E-state index is 0.0344. The van der Waals surface area contributed by atoms with Crippen LogP contribution in [0.2, 0.25) is 10.0 Å². The van der Waals surface area contributed by atoms with Crippen molar-refractivity contribution in [3.05, 3.63) is 75.5 Å². The van der Waals surface area contributed by atoms with Gasteiger partial charge in [-0.1, -0.05) is 79.1 Å². The molecule has 0 saturated carbocycles. The van der Waals surface area contributed by atoms with Gasteiger partial charge in [-0.05, 0) is 36.1 Å². The number of nitrogens with one attached hydrogen (secondary N) is 3. The van der Waals surface area contributed by atoms with Gasteiger partial charge >= 0.3 is 0 Å². The summed E-state index contributed by atoms with van der Waals surface area (Å²) in [4.78, 5) is 29.3. The normalized spacial score (nSPS) is 11.9. The summed E-state index contributed by atoms with van der Waals surface area (Å²) in [5.41, 5.74) is 1.50. The molecule has 1 atom stereocenters. The zero-order valence-electron chi connectivity index (χ0n) is 18.3. The molecule has 0 aliphatic carbocycles. The summed E-state index contributed by atoms with van der Waals surface area (Å²) in [6.45, 7) is 4.49. The van der Waals surface area contributed by atoms with Crippen LogP contribution in [0.15, 0.2) is 53.7 Å². The smallest absolute Gasteiger partial charge is 0.253 e. The Morgan fingerprint density at radius 1 is 1.12 bits per heavy atom. The van der Waals surface area contributed by atoms with Crippen molar-refractivity contribution >= 4 is 46.8 Å². The van der Waals surface area contributed by atoms with E-state index in [1.807, 2.05) is 44.2 Å². The molecule has 0 radical (unpaired) electrons. The molecule has 0 aliphatic heterocycles. The second-order valence-corrected chi connectivity index (χ2v) is 9.48. The largest absolute Gasteiger partial charge is 0.355 e. The van der Waals surface area contributed by atoms with Gasteiger partial charge in [-0.25, -0.2) is 4.98 Å². The zero-order chi connectivity index (χ0) is 23.8. The first-order valence-corrected chi connectivity index (χ1v) is 12.2. The third-order valence-corrected chi connectivity index (χ3v) is 6.21. The Hall–Kier alpha value is -2.55. The summed E-state index contributed by atoms with van der Waals surface area (Å²) >= 11 is 13.3. The molecule has 10 heteroatoms. The molecule has 7 nitrogen and oxygen atoms in total. The second-order valence-electron chi connectivity index (χ2n) is 7.70. The Morgan fingerprint density at radius 2 is 1.88 bits per heavy atom. The minimum atomic E-state index is -0.411. The van der Waals surface area contributed by atoms with E-state index < -0.39 is 6.04 Å². The number of aromatic amines is 1. The monoisotopic (exact) mass is 505 g/mol. The average molecular weight is 506 g/mol. The van der Waals surface area contributed by atoms with Gasteiger partial charge in [-0.3, -0.25) is 14.7 Å². The maximum absolute atomic E-state index is 12.7. The molecule has 0 spiro atoms.